The predicted molar refractivity (Wildman–Crippen MR) is 108 cm³/mol. The summed E-state index contributed by atoms with van der Waals surface area (Å²) in [6.07, 6.45) is 2.48. The van der Waals surface area contributed by atoms with E-state index in [4.69, 9.17) is 0 Å². The molecule has 2 aromatic carbocycles. The van der Waals surface area contributed by atoms with Gasteiger partial charge in [0.15, 0.2) is 5.17 Å². The number of halogens is 1. The summed E-state index contributed by atoms with van der Waals surface area (Å²) in [7, 11) is 0. The van der Waals surface area contributed by atoms with Gasteiger partial charge in [-0.15, -0.1) is 5.10 Å². The van der Waals surface area contributed by atoms with Gasteiger partial charge in [-0.05, 0) is 29.7 Å². The number of hydrogen-bond donors (Lipinski definition) is 0. The van der Waals surface area contributed by atoms with Gasteiger partial charge in [-0.2, -0.15) is 5.10 Å². The molecule has 6 heteroatoms. The fraction of sp³-hybridized carbons (Fsp3) is 0.211. The summed E-state index contributed by atoms with van der Waals surface area (Å²) in [6, 6.07) is 17.8. The molecule has 0 aromatic heterocycles. The van der Waals surface area contributed by atoms with Crippen molar-refractivity contribution in [3.8, 4) is 0 Å². The Bertz CT molecular complexity index is 790. The van der Waals surface area contributed by atoms with Crippen LogP contribution >= 0.6 is 27.7 Å². The Kier molecular flexibility index (Phi) is 6.04. The molecular formula is C19H18BrN3OS. The first kappa shape index (κ1) is 17.9. The van der Waals surface area contributed by atoms with Gasteiger partial charge in [-0.25, -0.2) is 0 Å². The van der Waals surface area contributed by atoms with Crippen LogP contribution in [-0.2, 0) is 11.3 Å². The molecule has 1 amide bonds. The number of carbonyl (C=O) groups excluding carboxylic acids is 1. The monoisotopic (exact) mass is 415 g/mol. The van der Waals surface area contributed by atoms with E-state index >= 15 is 0 Å². The molecule has 128 valence electrons. The number of amides is 1. The van der Waals surface area contributed by atoms with Gasteiger partial charge in [0.05, 0.1) is 18.0 Å². The summed E-state index contributed by atoms with van der Waals surface area (Å²) >= 11 is 4.90. The summed E-state index contributed by atoms with van der Waals surface area (Å²) in [4.78, 5) is 14.3. The van der Waals surface area contributed by atoms with Crippen LogP contribution in [0.25, 0.3) is 0 Å². The zero-order valence-electron chi connectivity index (χ0n) is 13.8. The maximum Gasteiger partial charge on any atom is 0.242 e. The topological polar surface area (TPSA) is 45.0 Å². The van der Waals surface area contributed by atoms with Crippen LogP contribution in [0, 0.1) is 0 Å². The molecule has 0 spiro atoms. The Balaban J connectivity index is 1.78. The number of carbonyl (C=O) groups is 1. The molecule has 0 N–H and O–H groups in total. The summed E-state index contributed by atoms with van der Waals surface area (Å²) < 4.78 is 1.02. The highest BCUT2D eigenvalue weighted by Crippen LogP contribution is 2.30. The minimum atomic E-state index is -0.0784. The summed E-state index contributed by atoms with van der Waals surface area (Å²) in [5, 5.41) is 9.07. The predicted octanol–water partition coefficient (Wildman–Crippen LogP) is 4.69. The molecule has 1 aliphatic rings. The first-order chi connectivity index (χ1) is 12.2. The van der Waals surface area contributed by atoms with Gasteiger partial charge in [-0.1, -0.05) is 77.1 Å². The molecule has 1 atom stereocenters. The number of benzene rings is 2. The molecule has 1 unspecified atom stereocenters. The zero-order chi connectivity index (χ0) is 17.6. The molecule has 4 nitrogen and oxygen atoms in total. The molecule has 1 aliphatic heterocycles. The lowest BCUT2D eigenvalue weighted by molar-refractivity contribution is -0.126. The van der Waals surface area contributed by atoms with Crippen LogP contribution in [0.4, 0.5) is 0 Å². The second-order valence-electron chi connectivity index (χ2n) is 5.60. The molecular weight excluding hydrogens is 398 g/mol. The number of hydrogen-bond acceptors (Lipinski definition) is 4. The first-order valence-corrected chi connectivity index (χ1v) is 9.73. The second-order valence-corrected chi connectivity index (χ2v) is 7.69. The Morgan fingerprint density at radius 1 is 1.16 bits per heavy atom. The van der Waals surface area contributed by atoms with Crippen molar-refractivity contribution >= 4 is 45.0 Å². The van der Waals surface area contributed by atoms with E-state index in [0.29, 0.717) is 11.7 Å². The van der Waals surface area contributed by atoms with Crippen molar-refractivity contribution in [1.82, 2.24) is 4.90 Å². The summed E-state index contributed by atoms with van der Waals surface area (Å²) in [6.45, 7) is 2.54. The Morgan fingerprint density at radius 3 is 2.56 bits per heavy atom. The van der Waals surface area contributed by atoms with Gasteiger partial charge in [0.25, 0.3) is 0 Å². The highest BCUT2D eigenvalue weighted by Gasteiger charge is 2.36. The average molecular weight is 416 g/mol. The molecule has 0 aliphatic carbocycles. The third kappa shape index (κ3) is 4.58. The van der Waals surface area contributed by atoms with Gasteiger partial charge >= 0.3 is 0 Å². The minimum absolute atomic E-state index is 0.0784. The molecule has 25 heavy (non-hydrogen) atoms. The number of nitrogens with zero attached hydrogens (tertiary/aromatic N) is 3. The zero-order valence-corrected chi connectivity index (χ0v) is 16.2. The molecule has 2 aromatic rings. The largest absolute Gasteiger partial charge is 0.284 e. The van der Waals surface area contributed by atoms with Crippen molar-refractivity contribution in [2.45, 2.75) is 25.1 Å². The van der Waals surface area contributed by atoms with Crippen LogP contribution in [0.1, 0.15) is 24.5 Å². The summed E-state index contributed by atoms with van der Waals surface area (Å²) in [5.41, 5.74) is 2.04. The van der Waals surface area contributed by atoms with Gasteiger partial charge in [0.1, 0.15) is 0 Å². The molecule has 1 heterocycles. The van der Waals surface area contributed by atoms with Crippen molar-refractivity contribution in [3.63, 3.8) is 0 Å². The maximum atomic E-state index is 12.6. The Labute approximate surface area is 160 Å². The fourth-order valence-electron chi connectivity index (χ4n) is 2.45. The van der Waals surface area contributed by atoms with Crippen LogP contribution in [0.2, 0.25) is 0 Å². The van der Waals surface area contributed by atoms with Crippen LogP contribution < -0.4 is 0 Å². The van der Waals surface area contributed by atoms with Crippen molar-refractivity contribution in [3.05, 3.63) is 70.2 Å². The average Bonchev–Trinajstić information content (AvgIpc) is 2.93. The Morgan fingerprint density at radius 2 is 1.88 bits per heavy atom. The number of rotatable bonds is 5. The smallest absolute Gasteiger partial charge is 0.242 e. The lowest BCUT2D eigenvalue weighted by Crippen LogP contribution is -2.31. The second kappa shape index (κ2) is 8.45. The standard InChI is InChI=1S/C19H18BrN3OS/c1-2-17-18(24)23(13-15-6-4-3-5-7-15)19(25-17)22-21-12-14-8-10-16(20)11-9-14/h3-12,17H,2,13H2,1H3/b21-12+,22-19+. The minimum Gasteiger partial charge on any atom is -0.284 e. The number of amidine groups is 1. The molecule has 1 saturated heterocycles. The van der Waals surface area contributed by atoms with E-state index in [2.05, 4.69) is 26.1 Å². The van der Waals surface area contributed by atoms with E-state index in [1.807, 2.05) is 61.5 Å². The van der Waals surface area contributed by atoms with Crippen molar-refractivity contribution < 1.29 is 4.79 Å². The van der Waals surface area contributed by atoms with E-state index in [-0.39, 0.29) is 11.2 Å². The van der Waals surface area contributed by atoms with E-state index in [9.17, 15) is 4.79 Å². The SMILES string of the molecule is CCC1S/C(=N/N=C/c2ccc(Br)cc2)N(Cc2ccccc2)C1=O. The van der Waals surface area contributed by atoms with Crippen LogP contribution in [0.3, 0.4) is 0 Å². The molecule has 3 rings (SSSR count). The summed E-state index contributed by atoms with van der Waals surface area (Å²) in [5.74, 6) is 0.106. The molecule has 0 radical (unpaired) electrons. The fourth-order valence-corrected chi connectivity index (χ4v) is 3.74. The lowest BCUT2D eigenvalue weighted by atomic mass is 10.2. The van der Waals surface area contributed by atoms with E-state index in [1.54, 1.807) is 11.1 Å². The number of thioether (sulfide) groups is 1. The van der Waals surface area contributed by atoms with Crippen molar-refractivity contribution in [1.29, 1.82) is 0 Å². The highest BCUT2D eigenvalue weighted by molar-refractivity contribution is 9.10. The first-order valence-electron chi connectivity index (χ1n) is 8.06. The third-order valence-corrected chi connectivity index (χ3v) is 5.66. The highest BCUT2D eigenvalue weighted by atomic mass is 79.9. The van der Waals surface area contributed by atoms with Crippen LogP contribution in [0.15, 0.2) is 69.3 Å². The normalized spacial score (nSPS) is 19.3. The Hall–Kier alpha value is -1.92. The van der Waals surface area contributed by atoms with Crippen LogP contribution in [-0.4, -0.2) is 27.4 Å². The van der Waals surface area contributed by atoms with Gasteiger partial charge in [-0.3, -0.25) is 9.69 Å². The third-order valence-electron chi connectivity index (χ3n) is 3.79. The molecule has 0 bridgehead atoms. The lowest BCUT2D eigenvalue weighted by Gasteiger charge is -2.15. The van der Waals surface area contributed by atoms with E-state index < -0.39 is 0 Å². The van der Waals surface area contributed by atoms with E-state index in [0.717, 1.165) is 22.0 Å². The molecule has 0 saturated carbocycles. The molecule has 1 fully saturated rings. The van der Waals surface area contributed by atoms with Gasteiger partial charge in [0.2, 0.25) is 5.91 Å². The van der Waals surface area contributed by atoms with Gasteiger partial charge < -0.3 is 0 Å². The van der Waals surface area contributed by atoms with Crippen LogP contribution in [0.5, 0.6) is 0 Å². The van der Waals surface area contributed by atoms with Gasteiger partial charge in [0, 0.05) is 4.47 Å². The van der Waals surface area contributed by atoms with Crippen molar-refractivity contribution in [2.75, 3.05) is 0 Å². The van der Waals surface area contributed by atoms with E-state index in [1.165, 1.54) is 11.8 Å². The quantitative estimate of drug-likeness (QED) is 0.524. The maximum absolute atomic E-state index is 12.6. The van der Waals surface area contributed by atoms with Crippen molar-refractivity contribution in [2.24, 2.45) is 10.2 Å².